The van der Waals surface area contributed by atoms with Crippen LogP contribution in [0.3, 0.4) is 0 Å². The van der Waals surface area contributed by atoms with Gasteiger partial charge in [0.25, 0.3) is 0 Å². The molecule has 2 aromatic rings. The number of carbonyl (C=O) groups excluding carboxylic acids is 2. The lowest BCUT2D eigenvalue weighted by Gasteiger charge is -2.28. The van der Waals surface area contributed by atoms with Gasteiger partial charge in [-0.2, -0.15) is 0 Å². The van der Waals surface area contributed by atoms with E-state index in [0.29, 0.717) is 37.6 Å². The Morgan fingerprint density at radius 2 is 1.81 bits per heavy atom. The molecule has 3 rings (SSSR count). The molecule has 1 N–H and O–H groups in total. The fourth-order valence-electron chi connectivity index (χ4n) is 3.71. The molecule has 1 saturated heterocycles. The third-order valence-electron chi connectivity index (χ3n) is 5.16. The Morgan fingerprint density at radius 3 is 2.50 bits per heavy atom. The molecule has 0 aliphatic carbocycles. The van der Waals surface area contributed by atoms with E-state index in [1.54, 1.807) is 19.2 Å². The third-order valence-corrected chi connectivity index (χ3v) is 5.16. The second kappa shape index (κ2) is 10.5. The number of nitrogens with one attached hydrogen (secondary N) is 1. The minimum atomic E-state index is -0.642. The fourth-order valence-corrected chi connectivity index (χ4v) is 3.71. The number of hydrogen-bond donors (Lipinski definition) is 1. The molecule has 1 heterocycles. The highest BCUT2D eigenvalue weighted by Gasteiger charge is 2.42. The molecule has 1 aliphatic rings. The molecule has 2 aromatic carbocycles. The number of nitrogens with zero attached hydrogens (tertiary/aromatic N) is 1. The Kier molecular flexibility index (Phi) is 7.75. The molecule has 1 aliphatic heterocycles. The maximum atomic E-state index is 13.2. The number of likely N-dealkylation sites (tertiary alicyclic amines) is 1. The van der Waals surface area contributed by atoms with Crippen LogP contribution < -0.4 is 10.1 Å². The summed E-state index contributed by atoms with van der Waals surface area (Å²) in [6, 6.07) is 16.5. The number of methoxy groups -OCH3 is 1. The Morgan fingerprint density at radius 1 is 1.06 bits per heavy atom. The first kappa shape index (κ1) is 23.6. The molecule has 172 valence electrons. The van der Waals surface area contributed by atoms with Crippen molar-refractivity contribution in [1.82, 2.24) is 4.90 Å². The molecule has 0 aromatic heterocycles. The van der Waals surface area contributed by atoms with E-state index in [0.717, 1.165) is 5.56 Å². The van der Waals surface area contributed by atoms with Gasteiger partial charge in [-0.1, -0.05) is 36.4 Å². The second-order valence-corrected chi connectivity index (χ2v) is 8.85. The lowest BCUT2D eigenvalue weighted by molar-refractivity contribution is -0.120. The van der Waals surface area contributed by atoms with Crippen LogP contribution in [-0.4, -0.2) is 55.4 Å². The van der Waals surface area contributed by atoms with E-state index >= 15 is 0 Å². The van der Waals surface area contributed by atoms with Gasteiger partial charge in [0.15, 0.2) is 0 Å². The van der Waals surface area contributed by atoms with Crippen LogP contribution in [0.25, 0.3) is 0 Å². The first-order valence-electron chi connectivity index (χ1n) is 10.8. The first-order chi connectivity index (χ1) is 15.3. The summed E-state index contributed by atoms with van der Waals surface area (Å²) in [6.07, 6.45) is 0.0480. The zero-order valence-corrected chi connectivity index (χ0v) is 19.2. The number of carbonyl (C=O) groups is 2. The maximum Gasteiger partial charge on any atom is 0.410 e. The summed E-state index contributed by atoms with van der Waals surface area (Å²) in [5.74, 6) is 0.448. The van der Waals surface area contributed by atoms with Gasteiger partial charge in [-0.15, -0.1) is 0 Å². The predicted molar refractivity (Wildman–Crippen MR) is 123 cm³/mol. The van der Waals surface area contributed by atoms with E-state index < -0.39 is 17.7 Å². The lowest BCUT2D eigenvalue weighted by atomic mass is 9.96. The smallest absolute Gasteiger partial charge is 0.410 e. The average Bonchev–Trinajstić information content (AvgIpc) is 3.20. The Labute approximate surface area is 189 Å². The first-order valence-corrected chi connectivity index (χ1v) is 10.8. The average molecular weight is 441 g/mol. The molecule has 0 bridgehead atoms. The topological polar surface area (TPSA) is 77.1 Å². The summed E-state index contributed by atoms with van der Waals surface area (Å²) >= 11 is 0. The van der Waals surface area contributed by atoms with Gasteiger partial charge >= 0.3 is 6.09 Å². The van der Waals surface area contributed by atoms with Gasteiger partial charge in [-0.3, -0.25) is 9.69 Å². The van der Waals surface area contributed by atoms with Crippen LogP contribution in [0.5, 0.6) is 5.75 Å². The molecule has 0 radical (unpaired) electrons. The quantitative estimate of drug-likeness (QED) is 0.644. The standard InChI is InChI=1S/C25H32N2O5/c1-25(2,3)32-24(29)27-17-19(18-9-6-5-7-10-18)15-22(27)23(28)26-20-11-8-12-21(16-20)31-14-13-30-4/h5-12,16,19,22H,13-15,17H2,1-4H3,(H,26,28). The van der Waals surface area contributed by atoms with Gasteiger partial charge < -0.3 is 19.5 Å². The van der Waals surface area contributed by atoms with Crippen LogP contribution in [0.15, 0.2) is 54.6 Å². The van der Waals surface area contributed by atoms with Crippen LogP contribution in [0.4, 0.5) is 10.5 Å². The fraction of sp³-hybridized carbons (Fsp3) is 0.440. The van der Waals surface area contributed by atoms with Crippen molar-refractivity contribution in [2.45, 2.75) is 44.8 Å². The molecule has 2 unspecified atom stereocenters. The normalized spacial score (nSPS) is 18.3. The number of ether oxygens (including phenoxy) is 3. The van der Waals surface area contributed by atoms with Crippen LogP contribution in [0.2, 0.25) is 0 Å². The number of hydrogen-bond acceptors (Lipinski definition) is 5. The van der Waals surface area contributed by atoms with Crippen LogP contribution in [-0.2, 0) is 14.3 Å². The van der Waals surface area contributed by atoms with Crippen LogP contribution >= 0.6 is 0 Å². The van der Waals surface area contributed by atoms with E-state index in [4.69, 9.17) is 14.2 Å². The Hall–Kier alpha value is -3.06. The molecule has 2 atom stereocenters. The minimum absolute atomic E-state index is 0.0585. The Bertz CT molecular complexity index is 910. The van der Waals surface area contributed by atoms with Gasteiger partial charge in [0.1, 0.15) is 24.0 Å². The summed E-state index contributed by atoms with van der Waals surface area (Å²) in [7, 11) is 1.61. The molecule has 7 heteroatoms. The van der Waals surface area contributed by atoms with Crippen molar-refractivity contribution < 1.29 is 23.8 Å². The van der Waals surface area contributed by atoms with Crippen LogP contribution in [0, 0.1) is 0 Å². The van der Waals surface area contributed by atoms with Crippen molar-refractivity contribution in [3.63, 3.8) is 0 Å². The molecule has 0 saturated carbocycles. The number of anilines is 1. The van der Waals surface area contributed by atoms with Gasteiger partial charge in [-0.05, 0) is 44.9 Å². The highest BCUT2D eigenvalue weighted by atomic mass is 16.6. The van der Waals surface area contributed by atoms with Crippen molar-refractivity contribution in [3.05, 3.63) is 60.2 Å². The summed E-state index contributed by atoms with van der Waals surface area (Å²) in [6.45, 7) is 6.78. The molecular weight excluding hydrogens is 408 g/mol. The molecular formula is C25H32N2O5. The third kappa shape index (κ3) is 6.47. The monoisotopic (exact) mass is 440 g/mol. The van der Waals surface area contributed by atoms with E-state index in [-0.39, 0.29) is 11.8 Å². The molecule has 2 amide bonds. The number of amides is 2. The lowest BCUT2D eigenvalue weighted by Crippen LogP contribution is -2.45. The molecule has 0 spiro atoms. The second-order valence-electron chi connectivity index (χ2n) is 8.85. The van der Waals surface area contributed by atoms with Gasteiger partial charge in [0.2, 0.25) is 5.91 Å². The highest BCUT2D eigenvalue weighted by Crippen LogP contribution is 2.33. The van der Waals surface area contributed by atoms with E-state index in [9.17, 15) is 9.59 Å². The molecule has 7 nitrogen and oxygen atoms in total. The van der Waals surface area contributed by atoms with Gasteiger partial charge in [0.05, 0.1) is 6.61 Å². The SMILES string of the molecule is COCCOc1cccc(NC(=O)C2CC(c3ccccc3)CN2C(=O)OC(C)(C)C)c1. The van der Waals surface area contributed by atoms with E-state index in [2.05, 4.69) is 5.32 Å². The van der Waals surface area contributed by atoms with Crippen molar-refractivity contribution in [1.29, 1.82) is 0 Å². The zero-order valence-electron chi connectivity index (χ0n) is 19.2. The van der Waals surface area contributed by atoms with Crippen molar-refractivity contribution in [2.24, 2.45) is 0 Å². The van der Waals surface area contributed by atoms with Crippen molar-refractivity contribution >= 4 is 17.7 Å². The summed E-state index contributed by atoms with van der Waals surface area (Å²) in [4.78, 5) is 27.7. The number of rotatable bonds is 7. The number of benzene rings is 2. The largest absolute Gasteiger partial charge is 0.491 e. The van der Waals surface area contributed by atoms with Crippen molar-refractivity contribution in [3.8, 4) is 5.75 Å². The van der Waals surface area contributed by atoms with Crippen LogP contribution in [0.1, 0.15) is 38.7 Å². The van der Waals surface area contributed by atoms with Gasteiger partial charge in [0, 0.05) is 31.3 Å². The molecule has 32 heavy (non-hydrogen) atoms. The summed E-state index contributed by atoms with van der Waals surface area (Å²) in [5.41, 5.74) is 1.07. The summed E-state index contributed by atoms with van der Waals surface area (Å²) < 4.78 is 16.2. The summed E-state index contributed by atoms with van der Waals surface area (Å²) in [5, 5.41) is 2.93. The Balaban J connectivity index is 1.75. The van der Waals surface area contributed by atoms with Gasteiger partial charge in [-0.25, -0.2) is 4.79 Å². The minimum Gasteiger partial charge on any atom is -0.491 e. The van der Waals surface area contributed by atoms with Crippen molar-refractivity contribution in [2.75, 3.05) is 32.2 Å². The zero-order chi connectivity index (χ0) is 23.1. The predicted octanol–water partition coefficient (Wildman–Crippen LogP) is 4.44. The van der Waals surface area contributed by atoms with E-state index in [1.165, 1.54) is 4.90 Å². The maximum absolute atomic E-state index is 13.2. The van der Waals surface area contributed by atoms with E-state index in [1.807, 2.05) is 63.2 Å². The molecule has 1 fully saturated rings. The highest BCUT2D eigenvalue weighted by molar-refractivity contribution is 5.97.